The number of aliphatic hydroxyl groups excluding tert-OH is 3. The maximum absolute atomic E-state index is 10.3. The van der Waals surface area contributed by atoms with Crippen LogP contribution in [0.25, 0.3) is 0 Å². The van der Waals surface area contributed by atoms with E-state index in [1.165, 1.54) is 39.8 Å². The van der Waals surface area contributed by atoms with E-state index in [0.29, 0.717) is 6.42 Å². The van der Waals surface area contributed by atoms with Crippen LogP contribution in [0.3, 0.4) is 0 Å². The summed E-state index contributed by atoms with van der Waals surface area (Å²) in [6, 6.07) is 11.1. The molecule has 0 radical (unpaired) electrons. The standard InChI is InChI=1S/C25H32O4/c1-3-16-7-9-17(10-8-16)11-18-12-21(15(2)19-5-4-6-20(18)19)23-13-22(27)25(28)24(14-26)29-23/h7-10,12,22-28H,3-6,11,13-14H2,1-2H3. The van der Waals surface area contributed by atoms with Gasteiger partial charge in [0.05, 0.1) is 18.8 Å². The van der Waals surface area contributed by atoms with Gasteiger partial charge in [0.2, 0.25) is 0 Å². The van der Waals surface area contributed by atoms with Crippen molar-refractivity contribution in [1.29, 1.82) is 0 Å². The lowest BCUT2D eigenvalue weighted by molar-refractivity contribution is -0.181. The molecule has 156 valence electrons. The zero-order chi connectivity index (χ0) is 20.5. The van der Waals surface area contributed by atoms with Crippen molar-refractivity contribution in [2.75, 3.05) is 6.61 Å². The van der Waals surface area contributed by atoms with Crippen LogP contribution in [-0.4, -0.2) is 40.2 Å². The summed E-state index contributed by atoms with van der Waals surface area (Å²) in [4.78, 5) is 0. The lowest BCUT2D eigenvalue weighted by atomic mass is 9.85. The van der Waals surface area contributed by atoms with Crippen LogP contribution in [0.5, 0.6) is 0 Å². The summed E-state index contributed by atoms with van der Waals surface area (Å²) in [6.45, 7) is 4.02. The summed E-state index contributed by atoms with van der Waals surface area (Å²) in [5, 5.41) is 30.0. The summed E-state index contributed by atoms with van der Waals surface area (Å²) >= 11 is 0. The first-order chi connectivity index (χ1) is 14.0. The molecule has 0 saturated carbocycles. The fraction of sp³-hybridized carbons (Fsp3) is 0.520. The molecule has 4 atom stereocenters. The van der Waals surface area contributed by atoms with Crippen molar-refractivity contribution in [1.82, 2.24) is 0 Å². The van der Waals surface area contributed by atoms with Crippen LogP contribution >= 0.6 is 0 Å². The number of benzene rings is 2. The molecule has 0 amide bonds. The highest BCUT2D eigenvalue weighted by Gasteiger charge is 2.38. The van der Waals surface area contributed by atoms with E-state index in [2.05, 4.69) is 44.2 Å². The van der Waals surface area contributed by atoms with E-state index in [0.717, 1.165) is 31.2 Å². The average Bonchev–Trinajstić information content (AvgIpc) is 3.23. The number of hydrogen-bond donors (Lipinski definition) is 3. The van der Waals surface area contributed by atoms with E-state index >= 15 is 0 Å². The zero-order valence-corrected chi connectivity index (χ0v) is 17.4. The van der Waals surface area contributed by atoms with Gasteiger partial charge in [0.15, 0.2) is 0 Å². The Morgan fingerprint density at radius 3 is 2.41 bits per heavy atom. The minimum atomic E-state index is -1.04. The predicted molar refractivity (Wildman–Crippen MR) is 113 cm³/mol. The highest BCUT2D eigenvalue weighted by molar-refractivity contribution is 5.50. The number of hydrogen-bond acceptors (Lipinski definition) is 4. The molecule has 4 rings (SSSR count). The van der Waals surface area contributed by atoms with Crippen molar-refractivity contribution in [3.63, 3.8) is 0 Å². The third kappa shape index (κ3) is 3.99. The van der Waals surface area contributed by atoms with Gasteiger partial charge in [-0.3, -0.25) is 0 Å². The lowest BCUT2D eigenvalue weighted by Gasteiger charge is -2.37. The molecule has 2 aromatic rings. The van der Waals surface area contributed by atoms with Crippen molar-refractivity contribution in [2.24, 2.45) is 0 Å². The molecule has 2 aliphatic rings. The normalized spacial score (nSPS) is 26.5. The van der Waals surface area contributed by atoms with Crippen LogP contribution in [0.4, 0.5) is 0 Å². The molecule has 4 nitrogen and oxygen atoms in total. The van der Waals surface area contributed by atoms with Crippen LogP contribution < -0.4 is 0 Å². The van der Waals surface area contributed by atoms with Gasteiger partial charge >= 0.3 is 0 Å². The first kappa shape index (κ1) is 20.5. The van der Waals surface area contributed by atoms with Gasteiger partial charge in [0, 0.05) is 6.42 Å². The Kier molecular flexibility index (Phi) is 6.07. The van der Waals surface area contributed by atoms with Crippen molar-refractivity contribution < 1.29 is 20.1 Å². The zero-order valence-electron chi connectivity index (χ0n) is 17.4. The van der Waals surface area contributed by atoms with Crippen LogP contribution in [-0.2, 0) is 30.4 Å². The van der Waals surface area contributed by atoms with E-state index in [9.17, 15) is 15.3 Å². The van der Waals surface area contributed by atoms with Crippen molar-refractivity contribution in [3.8, 4) is 0 Å². The monoisotopic (exact) mass is 396 g/mol. The molecule has 1 aliphatic carbocycles. The summed E-state index contributed by atoms with van der Waals surface area (Å²) in [5.74, 6) is 0. The number of aliphatic hydroxyl groups is 3. The molecule has 1 saturated heterocycles. The number of aryl methyl sites for hydroxylation is 1. The molecular weight excluding hydrogens is 364 g/mol. The third-order valence-electron chi connectivity index (χ3n) is 6.74. The minimum Gasteiger partial charge on any atom is -0.394 e. The second kappa shape index (κ2) is 8.57. The molecule has 2 aromatic carbocycles. The molecule has 1 fully saturated rings. The van der Waals surface area contributed by atoms with Crippen molar-refractivity contribution >= 4 is 0 Å². The Morgan fingerprint density at radius 2 is 1.72 bits per heavy atom. The fourth-order valence-electron chi connectivity index (χ4n) is 4.98. The van der Waals surface area contributed by atoms with Gasteiger partial charge in [-0.05, 0) is 78.0 Å². The van der Waals surface area contributed by atoms with E-state index in [1.807, 2.05) is 0 Å². The van der Waals surface area contributed by atoms with Gasteiger partial charge in [0.1, 0.15) is 12.2 Å². The smallest absolute Gasteiger partial charge is 0.110 e. The van der Waals surface area contributed by atoms with E-state index < -0.39 is 18.3 Å². The average molecular weight is 397 g/mol. The maximum atomic E-state index is 10.3. The molecule has 3 N–H and O–H groups in total. The molecule has 29 heavy (non-hydrogen) atoms. The highest BCUT2D eigenvalue weighted by atomic mass is 16.5. The van der Waals surface area contributed by atoms with Crippen LogP contribution in [0.15, 0.2) is 30.3 Å². The van der Waals surface area contributed by atoms with E-state index in [4.69, 9.17) is 4.74 Å². The number of fused-ring (bicyclic) bond motifs is 1. The van der Waals surface area contributed by atoms with Gasteiger partial charge in [-0.1, -0.05) is 37.3 Å². The molecule has 0 bridgehead atoms. The molecular formula is C25H32O4. The summed E-state index contributed by atoms with van der Waals surface area (Å²) in [6.07, 6.45) is 2.67. The highest BCUT2D eigenvalue weighted by Crippen LogP contribution is 2.39. The molecule has 4 unspecified atom stereocenters. The Morgan fingerprint density at radius 1 is 1.03 bits per heavy atom. The minimum absolute atomic E-state index is 0.296. The van der Waals surface area contributed by atoms with Crippen molar-refractivity contribution in [3.05, 3.63) is 69.3 Å². The van der Waals surface area contributed by atoms with E-state index in [1.54, 1.807) is 0 Å². The van der Waals surface area contributed by atoms with Gasteiger partial charge in [-0.2, -0.15) is 0 Å². The third-order valence-corrected chi connectivity index (χ3v) is 6.74. The van der Waals surface area contributed by atoms with Crippen molar-refractivity contribution in [2.45, 2.75) is 76.8 Å². The Bertz CT molecular complexity index is 858. The number of rotatable bonds is 5. The SMILES string of the molecule is CCc1ccc(Cc2cc(C3CC(O)C(O)C(CO)O3)c(C)c3c2CCC3)cc1. The second-order valence-corrected chi connectivity index (χ2v) is 8.55. The molecule has 4 heteroatoms. The van der Waals surface area contributed by atoms with Gasteiger partial charge < -0.3 is 20.1 Å². The Balaban J connectivity index is 1.69. The van der Waals surface area contributed by atoms with Crippen LogP contribution in [0.2, 0.25) is 0 Å². The predicted octanol–water partition coefficient (Wildman–Crippen LogP) is 3.18. The molecule has 1 heterocycles. The quantitative estimate of drug-likeness (QED) is 0.726. The molecule has 0 aromatic heterocycles. The summed E-state index contributed by atoms with van der Waals surface area (Å²) in [7, 11) is 0. The fourth-order valence-corrected chi connectivity index (χ4v) is 4.98. The summed E-state index contributed by atoms with van der Waals surface area (Å²) < 4.78 is 6.02. The molecule has 0 spiro atoms. The van der Waals surface area contributed by atoms with Gasteiger partial charge in [0.25, 0.3) is 0 Å². The first-order valence-corrected chi connectivity index (χ1v) is 10.9. The van der Waals surface area contributed by atoms with Crippen LogP contribution in [0, 0.1) is 6.92 Å². The van der Waals surface area contributed by atoms with Gasteiger partial charge in [-0.25, -0.2) is 0 Å². The Hall–Kier alpha value is -1.72. The Labute approximate surface area is 173 Å². The van der Waals surface area contributed by atoms with E-state index in [-0.39, 0.29) is 12.7 Å². The topological polar surface area (TPSA) is 69.9 Å². The molecule has 1 aliphatic heterocycles. The number of ether oxygens (including phenoxy) is 1. The van der Waals surface area contributed by atoms with Crippen LogP contribution in [0.1, 0.15) is 64.8 Å². The lowest BCUT2D eigenvalue weighted by Crippen LogP contribution is -2.47. The van der Waals surface area contributed by atoms with Gasteiger partial charge in [-0.15, -0.1) is 0 Å². The summed E-state index contributed by atoms with van der Waals surface area (Å²) in [5.41, 5.74) is 9.23. The largest absolute Gasteiger partial charge is 0.394 e. The maximum Gasteiger partial charge on any atom is 0.110 e. The second-order valence-electron chi connectivity index (χ2n) is 8.55. The first-order valence-electron chi connectivity index (χ1n) is 10.9.